The Hall–Kier alpha value is -2.51. The molecule has 12 N–H and O–H groups in total. The lowest BCUT2D eigenvalue weighted by molar-refractivity contribution is -0.379. The van der Waals surface area contributed by atoms with Gasteiger partial charge in [-0.15, -0.1) is 0 Å². The van der Waals surface area contributed by atoms with Crippen LogP contribution in [0.25, 0.3) is 0 Å². The Morgan fingerprint density at radius 2 is 0.744 bits per heavy atom. The van der Waals surface area contributed by atoms with Crippen LogP contribution in [0.1, 0.15) is 251 Å². The quantitative estimate of drug-likeness (QED) is 0.0199. The average molecular weight is 1280 g/mol. The Balaban J connectivity index is 1.45. The average Bonchev–Trinajstić information content (AvgIpc) is 0.847. The molecule has 19 heteroatoms. The van der Waals surface area contributed by atoms with Crippen LogP contribution in [-0.4, -0.2) is 193 Å². The van der Waals surface area contributed by atoms with E-state index in [2.05, 4.69) is 67.8 Å². The Kier molecular flexibility index (Phi) is 47.9. The van der Waals surface area contributed by atoms with Crippen LogP contribution < -0.4 is 5.32 Å². The summed E-state index contributed by atoms with van der Waals surface area (Å²) in [5.41, 5.74) is 0. The van der Waals surface area contributed by atoms with Crippen molar-refractivity contribution in [3.63, 3.8) is 0 Å². The Morgan fingerprint density at radius 3 is 1.19 bits per heavy atom. The van der Waals surface area contributed by atoms with Gasteiger partial charge in [-0.05, 0) is 77.0 Å². The summed E-state index contributed by atoms with van der Waals surface area (Å²) in [6.07, 6.45) is 37.7. The van der Waals surface area contributed by atoms with Crippen LogP contribution in [0, 0.1) is 0 Å². The van der Waals surface area contributed by atoms with E-state index in [4.69, 9.17) is 28.4 Å². The summed E-state index contributed by atoms with van der Waals surface area (Å²) in [4.78, 5) is 13.4. The number of unbranched alkanes of at least 4 members (excludes halogenated alkanes) is 30. The second-order valence-electron chi connectivity index (χ2n) is 25.3. The molecule has 3 fully saturated rings. The summed E-state index contributed by atoms with van der Waals surface area (Å²) in [7, 11) is 0. The number of carbonyl (C=O) groups excluding carboxylic acids is 1. The predicted octanol–water partition coefficient (Wildman–Crippen LogP) is 9.55. The Morgan fingerprint density at radius 1 is 0.400 bits per heavy atom. The van der Waals surface area contributed by atoms with Crippen LogP contribution in [0.3, 0.4) is 0 Å². The summed E-state index contributed by atoms with van der Waals surface area (Å²) in [5, 5.41) is 120. The van der Waals surface area contributed by atoms with Gasteiger partial charge in [0.2, 0.25) is 5.91 Å². The molecule has 17 unspecified atom stereocenters. The van der Waals surface area contributed by atoms with Crippen LogP contribution in [0.2, 0.25) is 0 Å². The van der Waals surface area contributed by atoms with Crippen molar-refractivity contribution in [2.24, 2.45) is 0 Å². The summed E-state index contributed by atoms with van der Waals surface area (Å²) < 4.78 is 34.3. The number of ether oxygens (including phenoxy) is 6. The first-order valence-corrected chi connectivity index (χ1v) is 35.5. The first kappa shape index (κ1) is 81.7. The highest BCUT2D eigenvalue weighted by molar-refractivity contribution is 5.76. The number of hydrogen-bond donors (Lipinski definition) is 12. The van der Waals surface area contributed by atoms with E-state index in [1.54, 1.807) is 6.08 Å². The molecule has 3 aliphatic heterocycles. The molecule has 3 heterocycles. The second-order valence-corrected chi connectivity index (χ2v) is 25.3. The molecule has 0 bridgehead atoms. The number of carbonyl (C=O) groups is 1. The lowest BCUT2D eigenvalue weighted by atomic mass is 9.96. The number of nitrogens with one attached hydrogen (secondary N) is 1. The summed E-state index contributed by atoms with van der Waals surface area (Å²) in [6, 6.07) is -1.00. The molecule has 3 rings (SSSR count). The van der Waals surface area contributed by atoms with Crippen molar-refractivity contribution >= 4 is 5.91 Å². The molecule has 0 saturated carbocycles. The molecule has 19 nitrogen and oxygen atoms in total. The molecule has 0 aromatic heterocycles. The monoisotopic (exact) mass is 1280 g/mol. The maximum absolute atomic E-state index is 13.4. The highest BCUT2D eigenvalue weighted by Gasteiger charge is 2.53. The van der Waals surface area contributed by atoms with Gasteiger partial charge in [0.1, 0.15) is 73.2 Å². The third-order valence-corrected chi connectivity index (χ3v) is 17.5. The van der Waals surface area contributed by atoms with Crippen molar-refractivity contribution < 1.29 is 89.4 Å². The molecule has 17 atom stereocenters. The van der Waals surface area contributed by atoms with Crippen molar-refractivity contribution in [2.75, 3.05) is 26.4 Å². The molecular weight excluding hydrogens is 1150 g/mol. The van der Waals surface area contributed by atoms with Gasteiger partial charge in [-0.2, -0.15) is 0 Å². The lowest BCUT2D eigenvalue weighted by Crippen LogP contribution is -2.66. The largest absolute Gasteiger partial charge is 0.394 e. The minimum Gasteiger partial charge on any atom is -0.394 e. The molecule has 90 heavy (non-hydrogen) atoms. The number of rotatable bonds is 54. The molecular formula is C71H127NO18. The Labute approximate surface area is 541 Å². The van der Waals surface area contributed by atoms with Crippen molar-refractivity contribution in [3.8, 4) is 0 Å². The fourth-order valence-corrected chi connectivity index (χ4v) is 11.7. The van der Waals surface area contributed by atoms with Crippen LogP contribution in [-0.2, 0) is 33.2 Å². The van der Waals surface area contributed by atoms with Gasteiger partial charge in [0.05, 0.1) is 38.6 Å². The van der Waals surface area contributed by atoms with E-state index in [9.17, 15) is 61.0 Å². The zero-order valence-corrected chi connectivity index (χ0v) is 55.4. The van der Waals surface area contributed by atoms with Crippen LogP contribution in [0.5, 0.6) is 0 Å². The van der Waals surface area contributed by atoms with Gasteiger partial charge in [-0.25, -0.2) is 0 Å². The fourth-order valence-electron chi connectivity index (χ4n) is 11.7. The highest BCUT2D eigenvalue weighted by atomic mass is 16.8. The lowest BCUT2D eigenvalue weighted by Gasteiger charge is -2.48. The Bertz CT molecular complexity index is 1870. The van der Waals surface area contributed by atoms with Crippen LogP contribution in [0.4, 0.5) is 0 Å². The van der Waals surface area contributed by atoms with Crippen LogP contribution >= 0.6 is 0 Å². The van der Waals surface area contributed by atoms with E-state index in [-0.39, 0.29) is 18.9 Å². The third kappa shape index (κ3) is 34.2. The van der Waals surface area contributed by atoms with Crippen LogP contribution in [0.15, 0.2) is 60.8 Å². The minimum absolute atomic E-state index is 0.221. The normalized spacial score (nSPS) is 28.4. The van der Waals surface area contributed by atoms with E-state index < -0.39 is 124 Å². The number of aliphatic hydroxyl groups excluding tert-OH is 11. The maximum Gasteiger partial charge on any atom is 0.220 e. The topological polar surface area (TPSA) is 307 Å². The zero-order chi connectivity index (χ0) is 65.4. The van der Waals surface area contributed by atoms with Gasteiger partial charge in [-0.3, -0.25) is 4.79 Å². The smallest absolute Gasteiger partial charge is 0.220 e. The predicted molar refractivity (Wildman–Crippen MR) is 351 cm³/mol. The van der Waals surface area contributed by atoms with Crippen molar-refractivity contribution in [1.82, 2.24) is 5.32 Å². The SMILES string of the molecule is CCCCCC/C=C\C/C=C\CCCCCCCCCC(=O)NC(COC1OC(CO)C(OC2OC(CO)C(OC3OC(CO)C(O)C(O)C3O)C(O)C2O)C(O)C1O)C(O)/C=C/CC/C=C/CC/C=C/CCCCCCCCCCCCCCCCCCC. The van der Waals surface area contributed by atoms with Crippen molar-refractivity contribution in [3.05, 3.63) is 60.8 Å². The van der Waals surface area contributed by atoms with Gasteiger partial charge in [-0.1, -0.05) is 229 Å². The maximum atomic E-state index is 13.4. The summed E-state index contributed by atoms with van der Waals surface area (Å²) in [5.74, 6) is -0.298. The van der Waals surface area contributed by atoms with Crippen molar-refractivity contribution in [1.29, 1.82) is 0 Å². The number of allylic oxidation sites excluding steroid dienone is 9. The van der Waals surface area contributed by atoms with Crippen molar-refractivity contribution in [2.45, 2.75) is 356 Å². The molecule has 524 valence electrons. The molecule has 0 aliphatic carbocycles. The molecule has 1 amide bonds. The summed E-state index contributed by atoms with van der Waals surface area (Å²) in [6.45, 7) is 1.69. The number of amides is 1. The zero-order valence-electron chi connectivity index (χ0n) is 55.4. The van der Waals surface area contributed by atoms with E-state index in [0.29, 0.717) is 12.8 Å². The first-order chi connectivity index (χ1) is 43.8. The van der Waals surface area contributed by atoms with E-state index in [1.807, 2.05) is 6.08 Å². The van der Waals surface area contributed by atoms with Gasteiger partial charge >= 0.3 is 0 Å². The highest BCUT2D eigenvalue weighted by Crippen LogP contribution is 2.33. The van der Waals surface area contributed by atoms with Gasteiger partial charge in [0.15, 0.2) is 18.9 Å². The second kappa shape index (κ2) is 52.7. The third-order valence-electron chi connectivity index (χ3n) is 17.5. The number of aliphatic hydroxyl groups is 11. The minimum atomic E-state index is -1.99. The molecule has 3 aliphatic rings. The van der Waals surface area contributed by atoms with E-state index >= 15 is 0 Å². The van der Waals surface area contributed by atoms with E-state index in [0.717, 1.165) is 83.5 Å². The van der Waals surface area contributed by atoms with Gasteiger partial charge in [0, 0.05) is 6.42 Å². The summed E-state index contributed by atoms with van der Waals surface area (Å²) >= 11 is 0. The molecule has 0 aromatic rings. The number of hydrogen-bond acceptors (Lipinski definition) is 18. The molecule has 0 spiro atoms. The van der Waals surface area contributed by atoms with E-state index in [1.165, 1.54) is 135 Å². The molecule has 3 saturated heterocycles. The fraction of sp³-hybridized carbons (Fsp3) is 0.845. The van der Waals surface area contributed by atoms with Gasteiger partial charge in [0.25, 0.3) is 0 Å². The molecule has 0 radical (unpaired) electrons. The first-order valence-electron chi connectivity index (χ1n) is 35.5. The standard InChI is InChI=1S/C71H127NO18/c1-3-5-7-9-11-13-15-17-19-21-23-24-25-26-27-28-29-30-31-32-34-36-38-40-42-44-46-48-55(76)54(72-59(77)49-47-45-43-41-39-37-35-33-22-20-18-16-14-12-10-8-6-4-2)53-85-69-65(83)62(80)67(57(51-74)87-69)90-71-66(84)63(81)68(58(52-75)88-71)89-70-64(82)61(79)60(78)56(50-73)86-70/h14,16,20,22,31-32,38,40,46,48,54-58,60-71,73-76,78-84H,3-13,15,17-19,21,23-30,33-37,39,41-45,47,49-53H2,1-2H3,(H,72,77)/b16-14-,22-20-,32-31+,40-38+,48-46+. The van der Waals surface area contributed by atoms with Gasteiger partial charge < -0.3 is 89.9 Å². The molecule has 0 aromatic carbocycles.